The van der Waals surface area contributed by atoms with Crippen molar-refractivity contribution in [2.75, 3.05) is 5.88 Å². The molecule has 0 aromatic rings. The second kappa shape index (κ2) is 12.4. The molecule has 0 saturated heterocycles. The standard InChI is InChI=1S/C14H28ClNO/c1-2-3-4-5-6-7-8-9-10-11-13(16)14(17)12-15/h13H,2-12,16H2,1H3. The van der Waals surface area contributed by atoms with E-state index < -0.39 is 0 Å². The average molecular weight is 262 g/mol. The number of hydrogen-bond acceptors (Lipinski definition) is 2. The summed E-state index contributed by atoms with van der Waals surface area (Å²) in [5.74, 6) is 0.0322. The molecule has 2 nitrogen and oxygen atoms in total. The van der Waals surface area contributed by atoms with Crippen LogP contribution in [0.25, 0.3) is 0 Å². The molecule has 0 rings (SSSR count). The van der Waals surface area contributed by atoms with Crippen molar-refractivity contribution < 1.29 is 4.79 Å². The smallest absolute Gasteiger partial charge is 0.164 e. The summed E-state index contributed by atoms with van der Waals surface area (Å²) in [6, 6.07) is -0.336. The van der Waals surface area contributed by atoms with Crippen molar-refractivity contribution in [3.63, 3.8) is 0 Å². The molecule has 0 saturated carbocycles. The normalized spacial score (nSPS) is 12.6. The lowest BCUT2D eigenvalue weighted by molar-refractivity contribution is -0.118. The van der Waals surface area contributed by atoms with Gasteiger partial charge >= 0.3 is 0 Å². The minimum Gasteiger partial charge on any atom is -0.321 e. The van der Waals surface area contributed by atoms with Gasteiger partial charge in [0.2, 0.25) is 0 Å². The van der Waals surface area contributed by atoms with Gasteiger partial charge in [-0.3, -0.25) is 4.79 Å². The van der Waals surface area contributed by atoms with Crippen molar-refractivity contribution in [3.8, 4) is 0 Å². The maximum atomic E-state index is 11.1. The number of Topliss-reactive ketones (excluding diaryl/α,β-unsaturated/α-hetero) is 1. The van der Waals surface area contributed by atoms with Crippen molar-refractivity contribution in [3.05, 3.63) is 0 Å². The van der Waals surface area contributed by atoms with Crippen molar-refractivity contribution in [2.45, 2.75) is 77.2 Å². The predicted octanol–water partition coefficient (Wildman–Crippen LogP) is 4.04. The molecule has 0 heterocycles. The number of hydrogen-bond donors (Lipinski definition) is 1. The van der Waals surface area contributed by atoms with E-state index in [0.717, 1.165) is 12.8 Å². The summed E-state index contributed by atoms with van der Waals surface area (Å²) in [5.41, 5.74) is 5.69. The van der Waals surface area contributed by atoms with Crippen LogP contribution in [-0.2, 0) is 4.79 Å². The first kappa shape index (κ1) is 16.9. The molecule has 0 aromatic carbocycles. The fourth-order valence-electron chi connectivity index (χ4n) is 1.93. The molecule has 0 aliphatic heterocycles. The van der Waals surface area contributed by atoms with Crippen LogP contribution in [0, 0.1) is 0 Å². The highest BCUT2D eigenvalue weighted by atomic mass is 35.5. The Morgan fingerprint density at radius 1 is 1.00 bits per heavy atom. The van der Waals surface area contributed by atoms with Gasteiger partial charge in [-0.15, -0.1) is 11.6 Å². The van der Waals surface area contributed by atoms with E-state index in [9.17, 15) is 4.79 Å². The largest absolute Gasteiger partial charge is 0.321 e. The number of alkyl halides is 1. The average Bonchev–Trinajstić information content (AvgIpc) is 2.35. The second-order valence-corrected chi connectivity index (χ2v) is 5.09. The van der Waals surface area contributed by atoms with E-state index in [2.05, 4.69) is 6.92 Å². The van der Waals surface area contributed by atoms with E-state index in [4.69, 9.17) is 17.3 Å². The Bertz CT molecular complexity index is 185. The van der Waals surface area contributed by atoms with Crippen LogP contribution in [0.3, 0.4) is 0 Å². The number of unbranched alkanes of at least 4 members (excludes halogenated alkanes) is 8. The van der Waals surface area contributed by atoms with E-state index >= 15 is 0 Å². The molecule has 0 amide bonds. The monoisotopic (exact) mass is 261 g/mol. The third-order valence-electron chi connectivity index (χ3n) is 3.16. The van der Waals surface area contributed by atoms with Gasteiger partial charge in [0.15, 0.2) is 5.78 Å². The fourth-order valence-corrected chi connectivity index (χ4v) is 2.13. The summed E-state index contributed by atoms with van der Waals surface area (Å²) in [5, 5.41) is 0. The second-order valence-electron chi connectivity index (χ2n) is 4.82. The van der Waals surface area contributed by atoms with Gasteiger partial charge in [-0.1, -0.05) is 64.7 Å². The Morgan fingerprint density at radius 3 is 1.94 bits per heavy atom. The van der Waals surface area contributed by atoms with Gasteiger partial charge in [0.05, 0.1) is 11.9 Å². The lowest BCUT2D eigenvalue weighted by Gasteiger charge is -2.08. The summed E-state index contributed by atoms with van der Waals surface area (Å²) in [6.07, 6.45) is 12.4. The van der Waals surface area contributed by atoms with E-state index in [0.29, 0.717) is 0 Å². The van der Waals surface area contributed by atoms with E-state index in [1.807, 2.05) is 0 Å². The van der Waals surface area contributed by atoms with Gasteiger partial charge in [0, 0.05) is 0 Å². The molecule has 1 unspecified atom stereocenters. The van der Waals surface area contributed by atoms with Crippen LogP contribution in [0.5, 0.6) is 0 Å². The molecule has 0 aromatic heterocycles. The summed E-state index contributed by atoms with van der Waals surface area (Å²) in [7, 11) is 0. The Labute approximate surface area is 111 Å². The highest BCUT2D eigenvalue weighted by Gasteiger charge is 2.10. The molecule has 0 aliphatic carbocycles. The summed E-state index contributed by atoms with van der Waals surface area (Å²) in [4.78, 5) is 11.1. The fraction of sp³-hybridized carbons (Fsp3) is 0.929. The van der Waals surface area contributed by atoms with Gasteiger partial charge in [-0.25, -0.2) is 0 Å². The summed E-state index contributed by atoms with van der Waals surface area (Å²) >= 11 is 5.44. The highest BCUT2D eigenvalue weighted by Crippen LogP contribution is 2.11. The molecular weight excluding hydrogens is 234 g/mol. The topological polar surface area (TPSA) is 43.1 Å². The van der Waals surface area contributed by atoms with E-state index in [1.54, 1.807) is 0 Å². The first-order valence-corrected chi connectivity index (χ1v) is 7.60. The quantitative estimate of drug-likeness (QED) is 0.426. The first-order valence-electron chi connectivity index (χ1n) is 7.06. The van der Waals surface area contributed by atoms with Crippen LogP contribution < -0.4 is 5.73 Å². The number of ketones is 1. The molecule has 17 heavy (non-hydrogen) atoms. The number of nitrogens with two attached hydrogens (primary N) is 1. The molecule has 0 bridgehead atoms. The molecule has 3 heteroatoms. The maximum absolute atomic E-state index is 11.1. The molecule has 1 atom stereocenters. The van der Waals surface area contributed by atoms with Crippen LogP contribution in [0.4, 0.5) is 0 Å². The lowest BCUT2D eigenvalue weighted by Crippen LogP contribution is -2.31. The Hall–Kier alpha value is -0.0800. The number of carbonyl (C=O) groups excluding carboxylic acids is 1. The number of halogens is 1. The highest BCUT2D eigenvalue weighted by molar-refractivity contribution is 6.28. The van der Waals surface area contributed by atoms with Gasteiger partial charge in [0.25, 0.3) is 0 Å². The van der Waals surface area contributed by atoms with Gasteiger partial charge in [0.1, 0.15) is 0 Å². The molecule has 0 spiro atoms. The van der Waals surface area contributed by atoms with E-state index in [1.165, 1.54) is 51.4 Å². The Kier molecular flexibility index (Phi) is 12.3. The molecule has 2 N–H and O–H groups in total. The predicted molar refractivity (Wildman–Crippen MR) is 75.5 cm³/mol. The minimum atomic E-state index is -0.336. The molecular formula is C14H28ClNO. The zero-order valence-corrected chi connectivity index (χ0v) is 12.0. The zero-order chi connectivity index (χ0) is 12.9. The molecule has 0 fully saturated rings. The molecule has 102 valence electrons. The molecule has 0 aliphatic rings. The minimum absolute atomic E-state index is 0.0220. The van der Waals surface area contributed by atoms with Crippen LogP contribution >= 0.6 is 11.6 Å². The number of rotatable bonds is 12. The Balaban J connectivity index is 3.15. The van der Waals surface area contributed by atoms with Crippen LogP contribution in [0.2, 0.25) is 0 Å². The van der Waals surface area contributed by atoms with Crippen molar-refractivity contribution in [1.82, 2.24) is 0 Å². The molecule has 0 radical (unpaired) electrons. The van der Waals surface area contributed by atoms with Crippen LogP contribution in [0.1, 0.15) is 71.1 Å². The van der Waals surface area contributed by atoms with Crippen LogP contribution in [-0.4, -0.2) is 17.7 Å². The third kappa shape index (κ3) is 10.8. The van der Waals surface area contributed by atoms with Gasteiger partial charge in [-0.05, 0) is 6.42 Å². The summed E-state index contributed by atoms with van der Waals surface area (Å²) in [6.45, 7) is 2.24. The SMILES string of the molecule is CCCCCCCCCCCC(N)C(=O)CCl. The van der Waals surface area contributed by atoms with Gasteiger partial charge < -0.3 is 5.73 Å². The zero-order valence-electron chi connectivity index (χ0n) is 11.2. The Morgan fingerprint density at radius 2 is 1.47 bits per heavy atom. The lowest BCUT2D eigenvalue weighted by atomic mass is 10.0. The van der Waals surface area contributed by atoms with Gasteiger partial charge in [-0.2, -0.15) is 0 Å². The van der Waals surface area contributed by atoms with Crippen molar-refractivity contribution in [2.24, 2.45) is 5.73 Å². The number of carbonyl (C=O) groups is 1. The summed E-state index contributed by atoms with van der Waals surface area (Å²) < 4.78 is 0. The maximum Gasteiger partial charge on any atom is 0.164 e. The van der Waals surface area contributed by atoms with Crippen LogP contribution in [0.15, 0.2) is 0 Å². The third-order valence-corrected chi connectivity index (χ3v) is 3.43. The van der Waals surface area contributed by atoms with Crippen molar-refractivity contribution >= 4 is 17.4 Å². The van der Waals surface area contributed by atoms with Crippen molar-refractivity contribution in [1.29, 1.82) is 0 Å². The first-order chi connectivity index (χ1) is 8.22. The van der Waals surface area contributed by atoms with E-state index in [-0.39, 0.29) is 17.7 Å².